The van der Waals surface area contributed by atoms with Crippen LogP contribution >= 0.6 is 11.5 Å². The minimum atomic E-state index is 0.150. The van der Waals surface area contributed by atoms with Gasteiger partial charge in [0.1, 0.15) is 5.00 Å². The summed E-state index contributed by atoms with van der Waals surface area (Å²) in [7, 11) is 0. The first kappa shape index (κ1) is 38.0. The number of allylic oxidation sites excluding steroid dienone is 3. The lowest BCUT2D eigenvalue weighted by Gasteiger charge is -2.36. The van der Waals surface area contributed by atoms with Crippen molar-refractivity contribution in [1.82, 2.24) is 29.0 Å². The van der Waals surface area contributed by atoms with E-state index in [-0.39, 0.29) is 5.54 Å². The molecule has 0 radical (unpaired) electrons. The molecule has 0 unspecified atom stereocenters. The number of carbonyl (C=O) groups is 1. The van der Waals surface area contributed by atoms with E-state index in [1.54, 1.807) is 0 Å². The number of rotatable bonds is 13. The van der Waals surface area contributed by atoms with Crippen LogP contribution in [0.15, 0.2) is 37.2 Å². The smallest absolute Gasteiger partial charge is 0.207 e. The van der Waals surface area contributed by atoms with Crippen molar-refractivity contribution in [2.75, 3.05) is 18.4 Å². The molecule has 0 aliphatic heterocycles. The van der Waals surface area contributed by atoms with E-state index >= 15 is 0 Å². The molecule has 3 heterocycles. The molecule has 8 nitrogen and oxygen atoms in total. The molecule has 4 rings (SSSR count). The molecule has 3 aromatic rings. The molecule has 3 aromatic heterocycles. The van der Waals surface area contributed by atoms with Gasteiger partial charge in [0.2, 0.25) is 6.41 Å². The quantitative estimate of drug-likeness (QED) is 0.114. The number of fused-ring (bicyclic) bond motifs is 1. The Hall–Kier alpha value is -3.04. The van der Waals surface area contributed by atoms with Gasteiger partial charge in [0.15, 0.2) is 11.5 Å². The topological polar surface area (TPSA) is 87.5 Å². The molecule has 1 fully saturated rings. The number of anilines is 2. The molecule has 2 N–H and O–H groups in total. The highest BCUT2D eigenvalue weighted by atomic mass is 32.1. The van der Waals surface area contributed by atoms with Crippen LogP contribution in [0.1, 0.15) is 111 Å². The molecule has 240 valence electrons. The number of nitrogens with zero attached hydrogens (tertiary/aromatic N) is 5. The summed E-state index contributed by atoms with van der Waals surface area (Å²) in [5, 5.41) is 6.94. The lowest BCUT2D eigenvalue weighted by Crippen LogP contribution is -2.42. The third-order valence-corrected chi connectivity index (χ3v) is 7.89. The van der Waals surface area contributed by atoms with Crippen LogP contribution in [0.4, 0.5) is 10.8 Å². The summed E-state index contributed by atoms with van der Waals surface area (Å²) in [6, 6.07) is 2.12. The lowest BCUT2D eigenvalue weighted by atomic mass is 9.99. The summed E-state index contributed by atoms with van der Waals surface area (Å²) in [6.45, 7) is 28.0. The Morgan fingerprint density at radius 1 is 1.23 bits per heavy atom. The van der Waals surface area contributed by atoms with Crippen LogP contribution in [0.5, 0.6) is 0 Å². The predicted molar refractivity (Wildman–Crippen MR) is 186 cm³/mol. The Morgan fingerprint density at radius 2 is 1.91 bits per heavy atom. The minimum Gasteiger partial charge on any atom is -0.359 e. The van der Waals surface area contributed by atoms with E-state index in [0.717, 1.165) is 83.9 Å². The fourth-order valence-corrected chi connectivity index (χ4v) is 4.68. The third-order valence-electron chi connectivity index (χ3n) is 7.15. The number of hydrogen-bond donors (Lipinski definition) is 2. The van der Waals surface area contributed by atoms with Crippen LogP contribution in [-0.2, 0) is 11.3 Å². The fraction of sp³-hybridized carbons (Fsp3) is 0.588. The second-order valence-corrected chi connectivity index (χ2v) is 11.9. The molecule has 9 heteroatoms. The fourth-order valence-electron chi connectivity index (χ4n) is 4.02. The van der Waals surface area contributed by atoms with E-state index in [1.165, 1.54) is 24.4 Å². The maximum absolute atomic E-state index is 9.45. The average molecular weight is 612 g/mol. The molecule has 0 saturated heterocycles. The highest BCUT2D eigenvalue weighted by Crippen LogP contribution is 2.28. The zero-order chi connectivity index (χ0) is 32.4. The number of imidazole rings is 1. The number of hydrogen-bond acceptors (Lipinski definition) is 7. The molecule has 0 spiro atoms. The summed E-state index contributed by atoms with van der Waals surface area (Å²) in [4.78, 5) is 21.3. The number of aromatic nitrogens is 4. The normalized spacial score (nSPS) is 12.8. The van der Waals surface area contributed by atoms with E-state index in [1.807, 2.05) is 46.2 Å². The molecule has 0 bridgehead atoms. The molecule has 1 saturated carbocycles. The zero-order valence-corrected chi connectivity index (χ0v) is 29.3. The highest BCUT2D eigenvalue weighted by Gasteiger charge is 2.24. The van der Waals surface area contributed by atoms with Gasteiger partial charge in [0, 0.05) is 24.8 Å². The van der Waals surface area contributed by atoms with Crippen LogP contribution in [0, 0.1) is 12.8 Å². The molecular formula is C34H57N7OS. The zero-order valence-electron chi connectivity index (χ0n) is 28.5. The van der Waals surface area contributed by atoms with Gasteiger partial charge in [-0.3, -0.25) is 14.1 Å². The van der Waals surface area contributed by atoms with E-state index < -0.39 is 0 Å². The second kappa shape index (κ2) is 20.0. The number of aryl methyl sites for hydroxylation is 1. The largest absolute Gasteiger partial charge is 0.359 e. The Bertz CT molecular complexity index is 1260. The van der Waals surface area contributed by atoms with E-state index in [0.29, 0.717) is 6.41 Å². The van der Waals surface area contributed by atoms with Crippen molar-refractivity contribution in [2.24, 2.45) is 5.92 Å². The summed E-state index contributed by atoms with van der Waals surface area (Å²) in [6.07, 6.45) is 14.7. The number of amides is 1. The first-order chi connectivity index (χ1) is 20.6. The van der Waals surface area contributed by atoms with E-state index in [2.05, 4.69) is 89.6 Å². The van der Waals surface area contributed by atoms with Crippen molar-refractivity contribution in [3.8, 4) is 0 Å². The van der Waals surface area contributed by atoms with Crippen LogP contribution in [0.25, 0.3) is 11.2 Å². The van der Waals surface area contributed by atoms with Gasteiger partial charge in [-0.15, -0.1) is 0 Å². The van der Waals surface area contributed by atoms with Crippen LogP contribution in [0.3, 0.4) is 0 Å². The van der Waals surface area contributed by atoms with Gasteiger partial charge in [-0.2, -0.15) is 4.37 Å². The first-order valence-corrected chi connectivity index (χ1v) is 16.7. The highest BCUT2D eigenvalue weighted by molar-refractivity contribution is 7.10. The van der Waals surface area contributed by atoms with Gasteiger partial charge in [-0.05, 0) is 75.7 Å². The Morgan fingerprint density at radius 3 is 2.40 bits per heavy atom. The van der Waals surface area contributed by atoms with Crippen LogP contribution in [-0.4, -0.2) is 48.7 Å². The molecule has 1 amide bonds. The molecule has 0 atom stereocenters. The van der Waals surface area contributed by atoms with Gasteiger partial charge in [-0.25, -0.2) is 9.97 Å². The van der Waals surface area contributed by atoms with E-state index in [4.69, 9.17) is 4.98 Å². The van der Waals surface area contributed by atoms with Crippen LogP contribution < -0.4 is 10.6 Å². The average Bonchev–Trinajstić information content (AvgIpc) is 3.48. The second-order valence-electron chi connectivity index (χ2n) is 11.1. The van der Waals surface area contributed by atoms with Gasteiger partial charge < -0.3 is 10.6 Å². The maximum atomic E-state index is 9.45. The van der Waals surface area contributed by atoms with Gasteiger partial charge in [-0.1, -0.05) is 80.0 Å². The number of nitrogens with one attached hydrogen (secondary N) is 2. The van der Waals surface area contributed by atoms with Gasteiger partial charge in [0.25, 0.3) is 0 Å². The molecule has 1 aliphatic carbocycles. The van der Waals surface area contributed by atoms with Gasteiger partial charge in [0.05, 0.1) is 23.3 Å². The van der Waals surface area contributed by atoms with Gasteiger partial charge >= 0.3 is 0 Å². The Labute approximate surface area is 265 Å². The summed E-state index contributed by atoms with van der Waals surface area (Å²) >= 11 is 1.46. The first-order valence-electron chi connectivity index (χ1n) is 16.0. The number of carbonyl (C=O) groups excluding carboxylic acids is 1. The molecule has 43 heavy (non-hydrogen) atoms. The van der Waals surface area contributed by atoms with Crippen molar-refractivity contribution < 1.29 is 4.79 Å². The lowest BCUT2D eigenvalue weighted by molar-refractivity contribution is -0.109. The SMILES string of the molecule is C=C/C(=C\CC)c1cnc2c(Nc3cc(CN(CC)C(C)(C)CC)ns3)nc(C)cn12.CC.CC1CC1.CCCNC=O. The maximum Gasteiger partial charge on any atom is 0.207 e. The Balaban J connectivity index is 0.000000648. The minimum absolute atomic E-state index is 0.150. The summed E-state index contributed by atoms with van der Waals surface area (Å²) < 4.78 is 6.76. The molecule has 1 aliphatic rings. The monoisotopic (exact) mass is 611 g/mol. The third kappa shape index (κ3) is 12.6. The van der Waals surface area contributed by atoms with Crippen molar-refractivity contribution in [3.05, 3.63) is 54.3 Å². The van der Waals surface area contributed by atoms with Crippen molar-refractivity contribution in [3.63, 3.8) is 0 Å². The Kier molecular flexibility index (Phi) is 17.7. The summed E-state index contributed by atoms with van der Waals surface area (Å²) in [5.74, 6) is 1.82. The molecular weight excluding hydrogens is 554 g/mol. The van der Waals surface area contributed by atoms with Crippen molar-refractivity contribution in [1.29, 1.82) is 0 Å². The summed E-state index contributed by atoms with van der Waals surface area (Å²) in [5.41, 5.74) is 5.03. The standard InChI is InChI=1S/C24H34N6S.C4H9NO.C4H8.C2H6/c1-8-12-18(9-2)20-14-25-23-22(26-17(5)15-30(20)23)27-21-13-19(28-31-21)16-29(11-4)24(6,7)10-3;1-2-3-5-4-6;1-4-2-3-4;1-2/h9,12-15H,2,8,10-11,16H2,1,3-7H3,(H,26,27);4H,2-3H2,1H3,(H,5,6);4H,2-3H2,1H3;1-2H3/b18-12+;;;. The van der Waals surface area contributed by atoms with Crippen molar-refractivity contribution in [2.45, 2.75) is 113 Å². The van der Waals surface area contributed by atoms with Crippen LogP contribution in [0.2, 0.25) is 0 Å². The van der Waals surface area contributed by atoms with E-state index in [9.17, 15) is 4.79 Å². The predicted octanol–water partition coefficient (Wildman–Crippen LogP) is 8.81. The molecule has 0 aromatic carbocycles. The van der Waals surface area contributed by atoms with Crippen molar-refractivity contribution >= 4 is 40.0 Å².